The second-order valence-corrected chi connectivity index (χ2v) is 4.58. The Morgan fingerprint density at radius 2 is 1.54 bits per heavy atom. The first kappa shape index (κ1) is 10.1. The van der Waals surface area contributed by atoms with Gasteiger partial charge in [-0.05, 0) is 6.92 Å². The molecule has 0 aliphatic heterocycles. The van der Waals surface area contributed by atoms with Crippen molar-refractivity contribution in [1.29, 1.82) is 0 Å². The van der Waals surface area contributed by atoms with E-state index in [2.05, 4.69) is 20.8 Å². The first-order valence-corrected chi connectivity index (χ1v) is 4.49. The van der Waals surface area contributed by atoms with Crippen LogP contribution in [0.2, 0.25) is 0 Å². The van der Waals surface area contributed by atoms with Crippen LogP contribution in [0.3, 0.4) is 0 Å². The van der Waals surface area contributed by atoms with Crippen molar-refractivity contribution in [3.63, 3.8) is 0 Å². The molecular formula is C10H18N2O. The summed E-state index contributed by atoms with van der Waals surface area (Å²) >= 11 is 0. The Morgan fingerprint density at radius 3 is 1.69 bits per heavy atom. The van der Waals surface area contributed by atoms with E-state index in [1.165, 1.54) is 0 Å². The van der Waals surface area contributed by atoms with Gasteiger partial charge in [0.1, 0.15) is 0 Å². The van der Waals surface area contributed by atoms with Crippen LogP contribution in [-0.2, 0) is 19.5 Å². The standard InChI is InChI=1S/C10H18N2O/c1-7-8(10(2,3)4)12(6)9(13)11(7)5/h1-6H3. The van der Waals surface area contributed by atoms with Gasteiger partial charge in [-0.3, -0.25) is 9.13 Å². The lowest BCUT2D eigenvalue weighted by Crippen LogP contribution is -2.24. The molecule has 0 fully saturated rings. The van der Waals surface area contributed by atoms with Crippen molar-refractivity contribution in [1.82, 2.24) is 9.13 Å². The third kappa shape index (κ3) is 1.43. The number of rotatable bonds is 0. The normalized spacial score (nSPS) is 12.2. The second-order valence-electron chi connectivity index (χ2n) is 4.58. The van der Waals surface area contributed by atoms with Gasteiger partial charge < -0.3 is 0 Å². The van der Waals surface area contributed by atoms with Gasteiger partial charge in [-0.15, -0.1) is 0 Å². The maximum atomic E-state index is 11.6. The molecule has 0 spiro atoms. The SMILES string of the molecule is Cc1c(C(C)(C)C)n(C)c(=O)n1C. The van der Waals surface area contributed by atoms with Gasteiger partial charge in [-0.2, -0.15) is 0 Å². The van der Waals surface area contributed by atoms with Crippen LogP contribution in [0, 0.1) is 6.92 Å². The summed E-state index contributed by atoms with van der Waals surface area (Å²) in [6.07, 6.45) is 0. The van der Waals surface area contributed by atoms with Gasteiger partial charge in [0.2, 0.25) is 0 Å². The predicted molar refractivity (Wildman–Crippen MR) is 54.1 cm³/mol. The minimum atomic E-state index is 0.0270. The van der Waals surface area contributed by atoms with Crippen LogP contribution in [-0.4, -0.2) is 9.13 Å². The average molecular weight is 182 g/mol. The van der Waals surface area contributed by atoms with Gasteiger partial charge in [0.05, 0.1) is 0 Å². The van der Waals surface area contributed by atoms with Crippen molar-refractivity contribution in [3.05, 3.63) is 21.9 Å². The van der Waals surface area contributed by atoms with E-state index in [9.17, 15) is 4.79 Å². The molecule has 3 heteroatoms. The highest BCUT2D eigenvalue weighted by atomic mass is 16.1. The molecule has 3 nitrogen and oxygen atoms in total. The molecule has 0 aromatic carbocycles. The van der Waals surface area contributed by atoms with Gasteiger partial charge in [-0.1, -0.05) is 20.8 Å². The minimum Gasteiger partial charge on any atom is -0.299 e. The summed E-state index contributed by atoms with van der Waals surface area (Å²) in [7, 11) is 3.64. The van der Waals surface area contributed by atoms with E-state index in [0.29, 0.717) is 0 Å². The van der Waals surface area contributed by atoms with Crippen LogP contribution in [0.5, 0.6) is 0 Å². The van der Waals surface area contributed by atoms with E-state index in [-0.39, 0.29) is 11.1 Å². The van der Waals surface area contributed by atoms with Crippen LogP contribution in [0.25, 0.3) is 0 Å². The lowest BCUT2D eigenvalue weighted by molar-refractivity contribution is 0.535. The fourth-order valence-corrected chi connectivity index (χ4v) is 1.91. The first-order chi connectivity index (χ1) is 5.76. The molecule has 0 amide bonds. The van der Waals surface area contributed by atoms with Crippen molar-refractivity contribution >= 4 is 0 Å². The van der Waals surface area contributed by atoms with Gasteiger partial charge in [0, 0.05) is 30.9 Å². The highest BCUT2D eigenvalue weighted by Crippen LogP contribution is 2.23. The monoisotopic (exact) mass is 182 g/mol. The number of imidazole rings is 1. The summed E-state index contributed by atoms with van der Waals surface area (Å²) < 4.78 is 3.43. The molecular weight excluding hydrogens is 164 g/mol. The van der Waals surface area contributed by atoms with E-state index < -0.39 is 0 Å². The van der Waals surface area contributed by atoms with Crippen LogP contribution in [0.1, 0.15) is 32.2 Å². The Kier molecular flexibility index (Phi) is 2.14. The van der Waals surface area contributed by atoms with Crippen molar-refractivity contribution in [3.8, 4) is 0 Å². The minimum absolute atomic E-state index is 0.0270. The Labute approximate surface area is 79.0 Å². The van der Waals surface area contributed by atoms with Crippen LogP contribution < -0.4 is 5.69 Å². The lowest BCUT2D eigenvalue weighted by atomic mass is 9.90. The zero-order chi connectivity index (χ0) is 10.4. The summed E-state index contributed by atoms with van der Waals surface area (Å²) in [4.78, 5) is 11.6. The van der Waals surface area contributed by atoms with Gasteiger partial charge in [0.25, 0.3) is 0 Å². The Hall–Kier alpha value is -0.990. The maximum absolute atomic E-state index is 11.6. The summed E-state index contributed by atoms with van der Waals surface area (Å²) in [6, 6.07) is 0. The topological polar surface area (TPSA) is 26.9 Å². The summed E-state index contributed by atoms with van der Waals surface area (Å²) in [5.74, 6) is 0. The first-order valence-electron chi connectivity index (χ1n) is 4.49. The molecule has 0 unspecified atom stereocenters. The highest BCUT2D eigenvalue weighted by molar-refractivity contribution is 5.21. The van der Waals surface area contributed by atoms with Crippen LogP contribution >= 0.6 is 0 Å². The van der Waals surface area contributed by atoms with E-state index in [1.807, 2.05) is 21.0 Å². The molecule has 1 aromatic rings. The third-order valence-corrected chi connectivity index (χ3v) is 2.47. The molecule has 1 aromatic heterocycles. The molecule has 1 rings (SSSR count). The fourth-order valence-electron chi connectivity index (χ4n) is 1.91. The molecule has 0 bridgehead atoms. The molecule has 0 N–H and O–H groups in total. The highest BCUT2D eigenvalue weighted by Gasteiger charge is 2.23. The molecule has 0 saturated carbocycles. The molecule has 74 valence electrons. The largest absolute Gasteiger partial charge is 0.328 e. The summed E-state index contributed by atoms with van der Waals surface area (Å²) in [5, 5.41) is 0. The smallest absolute Gasteiger partial charge is 0.299 e. The molecule has 13 heavy (non-hydrogen) atoms. The number of nitrogens with zero attached hydrogens (tertiary/aromatic N) is 2. The molecule has 0 aliphatic rings. The lowest BCUT2D eigenvalue weighted by Gasteiger charge is -2.20. The van der Waals surface area contributed by atoms with Crippen molar-refractivity contribution < 1.29 is 0 Å². The van der Waals surface area contributed by atoms with Crippen LogP contribution in [0.15, 0.2) is 4.79 Å². The maximum Gasteiger partial charge on any atom is 0.328 e. The third-order valence-electron chi connectivity index (χ3n) is 2.47. The zero-order valence-electron chi connectivity index (χ0n) is 9.30. The van der Waals surface area contributed by atoms with Gasteiger partial charge in [0.15, 0.2) is 0 Å². The van der Waals surface area contributed by atoms with E-state index in [4.69, 9.17) is 0 Å². The van der Waals surface area contributed by atoms with E-state index in [0.717, 1.165) is 11.4 Å². The van der Waals surface area contributed by atoms with Crippen LogP contribution in [0.4, 0.5) is 0 Å². The van der Waals surface area contributed by atoms with Gasteiger partial charge in [-0.25, -0.2) is 4.79 Å². The quantitative estimate of drug-likeness (QED) is 0.594. The van der Waals surface area contributed by atoms with Crippen molar-refractivity contribution in [2.24, 2.45) is 14.1 Å². The Morgan fingerprint density at radius 1 is 1.08 bits per heavy atom. The predicted octanol–water partition coefficient (Wildman–Crippen LogP) is 1.33. The zero-order valence-corrected chi connectivity index (χ0v) is 9.30. The number of hydrogen-bond donors (Lipinski definition) is 0. The summed E-state index contributed by atoms with van der Waals surface area (Å²) in [5.41, 5.74) is 2.25. The number of aromatic nitrogens is 2. The molecule has 0 aliphatic carbocycles. The molecule has 0 saturated heterocycles. The molecule has 0 radical (unpaired) electrons. The van der Waals surface area contributed by atoms with Crippen molar-refractivity contribution in [2.75, 3.05) is 0 Å². The van der Waals surface area contributed by atoms with E-state index in [1.54, 1.807) is 9.13 Å². The number of hydrogen-bond acceptors (Lipinski definition) is 1. The second kappa shape index (κ2) is 2.76. The Bertz CT molecular complexity index is 377. The summed E-state index contributed by atoms with van der Waals surface area (Å²) in [6.45, 7) is 8.35. The van der Waals surface area contributed by atoms with Crippen molar-refractivity contribution in [2.45, 2.75) is 33.1 Å². The Balaban J connectivity index is 3.57. The van der Waals surface area contributed by atoms with Gasteiger partial charge >= 0.3 is 5.69 Å². The molecule has 1 heterocycles. The fraction of sp³-hybridized carbons (Fsp3) is 0.700. The average Bonchev–Trinajstić information content (AvgIpc) is 2.14. The molecule has 0 atom stereocenters. The van der Waals surface area contributed by atoms with E-state index >= 15 is 0 Å².